The van der Waals surface area contributed by atoms with E-state index in [2.05, 4.69) is 15.8 Å². The van der Waals surface area contributed by atoms with Gasteiger partial charge >= 0.3 is 6.03 Å². The van der Waals surface area contributed by atoms with Crippen molar-refractivity contribution in [2.45, 2.75) is 26.8 Å². The lowest BCUT2D eigenvalue weighted by Crippen LogP contribution is -2.31. The van der Waals surface area contributed by atoms with Gasteiger partial charge in [-0.25, -0.2) is 4.79 Å². The summed E-state index contributed by atoms with van der Waals surface area (Å²) in [4.78, 5) is 11.9. The molecule has 2 rings (SSSR count). The second-order valence-corrected chi connectivity index (χ2v) is 5.01. The molecule has 0 spiro atoms. The molecule has 1 heterocycles. The van der Waals surface area contributed by atoms with Crippen LogP contribution in [0.25, 0.3) is 0 Å². The van der Waals surface area contributed by atoms with E-state index in [4.69, 9.17) is 16.1 Å². The van der Waals surface area contributed by atoms with Crippen molar-refractivity contribution in [2.24, 2.45) is 0 Å². The second-order valence-electron chi connectivity index (χ2n) is 4.57. The minimum Gasteiger partial charge on any atom is -0.359 e. The summed E-state index contributed by atoms with van der Waals surface area (Å²) in [5.41, 5.74) is 2.23. The van der Waals surface area contributed by atoms with Crippen molar-refractivity contribution in [3.05, 3.63) is 46.3 Å². The van der Waals surface area contributed by atoms with Crippen LogP contribution in [-0.4, -0.2) is 11.2 Å². The molecule has 2 amide bonds. The van der Waals surface area contributed by atoms with Gasteiger partial charge in [0.2, 0.25) is 0 Å². The minimum atomic E-state index is -0.304. The average molecular weight is 294 g/mol. The van der Waals surface area contributed by atoms with E-state index in [9.17, 15) is 4.79 Å². The van der Waals surface area contributed by atoms with Crippen molar-refractivity contribution >= 4 is 23.3 Å². The Morgan fingerprint density at radius 1 is 1.30 bits per heavy atom. The number of anilines is 1. The Balaban J connectivity index is 1.99. The van der Waals surface area contributed by atoms with E-state index in [1.54, 1.807) is 26.0 Å². The van der Waals surface area contributed by atoms with Crippen molar-refractivity contribution in [2.75, 3.05) is 5.32 Å². The first kappa shape index (κ1) is 14.4. The van der Waals surface area contributed by atoms with Gasteiger partial charge in [0.1, 0.15) is 11.4 Å². The van der Waals surface area contributed by atoms with Crippen LogP contribution in [0.1, 0.15) is 30.0 Å². The van der Waals surface area contributed by atoms with Crippen LogP contribution in [-0.2, 0) is 0 Å². The largest absolute Gasteiger partial charge is 0.359 e. The van der Waals surface area contributed by atoms with Gasteiger partial charge in [-0.1, -0.05) is 28.9 Å². The first-order valence-electron chi connectivity index (χ1n) is 6.23. The Kier molecular flexibility index (Phi) is 4.29. The van der Waals surface area contributed by atoms with E-state index in [0.29, 0.717) is 22.2 Å². The number of rotatable bonds is 3. The van der Waals surface area contributed by atoms with Crippen molar-refractivity contribution in [3.8, 4) is 0 Å². The standard InChI is InChI=1S/C14H16ClN3O2/c1-8(11-4-6-12(15)7-5-11)16-14(19)17-13-9(2)18-20-10(13)3/h4-8H,1-3H3,(H2,16,17,19). The predicted molar refractivity (Wildman–Crippen MR) is 78.0 cm³/mol. The zero-order valence-electron chi connectivity index (χ0n) is 11.5. The van der Waals surface area contributed by atoms with E-state index in [1.165, 1.54) is 0 Å². The van der Waals surface area contributed by atoms with Crippen molar-refractivity contribution in [1.82, 2.24) is 10.5 Å². The third-order valence-corrected chi connectivity index (χ3v) is 3.24. The third kappa shape index (κ3) is 3.30. The number of nitrogens with one attached hydrogen (secondary N) is 2. The lowest BCUT2D eigenvalue weighted by molar-refractivity contribution is 0.249. The first-order valence-corrected chi connectivity index (χ1v) is 6.61. The number of carbonyl (C=O) groups excluding carboxylic acids is 1. The van der Waals surface area contributed by atoms with Crippen LogP contribution >= 0.6 is 11.6 Å². The average Bonchev–Trinajstić information content (AvgIpc) is 2.71. The normalized spacial score (nSPS) is 12.0. The molecule has 2 N–H and O–H groups in total. The van der Waals surface area contributed by atoms with Crippen LogP contribution in [0, 0.1) is 13.8 Å². The molecule has 0 saturated carbocycles. The molecule has 0 aliphatic rings. The highest BCUT2D eigenvalue weighted by atomic mass is 35.5. The van der Waals surface area contributed by atoms with Crippen molar-refractivity contribution in [3.63, 3.8) is 0 Å². The SMILES string of the molecule is Cc1noc(C)c1NC(=O)NC(C)c1ccc(Cl)cc1. The number of aromatic nitrogens is 1. The molecular weight excluding hydrogens is 278 g/mol. The molecule has 0 bridgehead atoms. The highest BCUT2D eigenvalue weighted by molar-refractivity contribution is 6.30. The molecule has 0 saturated heterocycles. The molecule has 20 heavy (non-hydrogen) atoms. The molecule has 1 aromatic carbocycles. The maximum absolute atomic E-state index is 11.9. The maximum atomic E-state index is 11.9. The van der Waals surface area contributed by atoms with Gasteiger partial charge in [0.15, 0.2) is 5.76 Å². The van der Waals surface area contributed by atoms with Gasteiger partial charge in [-0.2, -0.15) is 0 Å². The molecule has 1 atom stereocenters. The highest BCUT2D eigenvalue weighted by Crippen LogP contribution is 2.19. The van der Waals surface area contributed by atoms with E-state index in [-0.39, 0.29) is 12.1 Å². The predicted octanol–water partition coefficient (Wildman–Crippen LogP) is 3.83. The fourth-order valence-electron chi connectivity index (χ4n) is 1.84. The fraction of sp³-hybridized carbons (Fsp3) is 0.286. The summed E-state index contributed by atoms with van der Waals surface area (Å²) < 4.78 is 4.99. The third-order valence-electron chi connectivity index (χ3n) is 2.99. The van der Waals surface area contributed by atoms with Gasteiger partial charge < -0.3 is 15.2 Å². The molecule has 6 heteroatoms. The van der Waals surface area contributed by atoms with E-state index >= 15 is 0 Å². The lowest BCUT2D eigenvalue weighted by Gasteiger charge is -2.15. The Labute approximate surface area is 122 Å². The van der Waals surface area contributed by atoms with Gasteiger partial charge in [0.05, 0.1) is 6.04 Å². The Hall–Kier alpha value is -2.01. The zero-order valence-corrected chi connectivity index (χ0v) is 12.3. The zero-order chi connectivity index (χ0) is 14.7. The first-order chi connectivity index (χ1) is 9.47. The molecule has 5 nitrogen and oxygen atoms in total. The maximum Gasteiger partial charge on any atom is 0.319 e. The molecule has 1 unspecified atom stereocenters. The summed E-state index contributed by atoms with van der Waals surface area (Å²) in [6.45, 7) is 5.42. The second kappa shape index (κ2) is 5.96. The molecule has 0 aliphatic carbocycles. The number of carbonyl (C=O) groups is 1. The minimum absolute atomic E-state index is 0.132. The van der Waals surface area contributed by atoms with Crippen molar-refractivity contribution < 1.29 is 9.32 Å². The van der Waals surface area contributed by atoms with Crippen LogP contribution < -0.4 is 10.6 Å². The molecule has 0 fully saturated rings. The quantitative estimate of drug-likeness (QED) is 0.904. The van der Waals surface area contributed by atoms with Crippen LogP contribution in [0.2, 0.25) is 5.02 Å². The summed E-state index contributed by atoms with van der Waals surface area (Å²) in [5, 5.41) is 10.0. The fourth-order valence-corrected chi connectivity index (χ4v) is 1.97. The Morgan fingerprint density at radius 3 is 2.50 bits per heavy atom. The molecular formula is C14H16ClN3O2. The number of amides is 2. The monoisotopic (exact) mass is 293 g/mol. The van der Waals surface area contributed by atoms with Gasteiger partial charge in [-0.3, -0.25) is 0 Å². The molecule has 106 valence electrons. The number of benzene rings is 1. The Bertz CT molecular complexity index is 588. The summed E-state index contributed by atoms with van der Waals surface area (Å²) in [5.74, 6) is 0.580. The van der Waals surface area contributed by atoms with Crippen LogP contribution in [0.15, 0.2) is 28.8 Å². The van der Waals surface area contributed by atoms with Gasteiger partial charge in [-0.05, 0) is 38.5 Å². The van der Waals surface area contributed by atoms with Crippen molar-refractivity contribution in [1.29, 1.82) is 0 Å². The number of urea groups is 1. The van der Waals surface area contributed by atoms with E-state index < -0.39 is 0 Å². The van der Waals surface area contributed by atoms with E-state index in [1.807, 2.05) is 19.1 Å². The summed E-state index contributed by atoms with van der Waals surface area (Å²) in [6.07, 6.45) is 0. The van der Waals surface area contributed by atoms with Gasteiger partial charge in [0.25, 0.3) is 0 Å². The smallest absolute Gasteiger partial charge is 0.319 e. The topological polar surface area (TPSA) is 67.2 Å². The molecule has 0 aliphatic heterocycles. The van der Waals surface area contributed by atoms with Gasteiger partial charge in [0, 0.05) is 5.02 Å². The summed E-state index contributed by atoms with van der Waals surface area (Å²) >= 11 is 5.83. The molecule has 1 aromatic heterocycles. The Morgan fingerprint density at radius 2 is 1.95 bits per heavy atom. The van der Waals surface area contributed by atoms with Gasteiger partial charge in [-0.15, -0.1) is 0 Å². The van der Waals surface area contributed by atoms with Crippen LogP contribution in [0.5, 0.6) is 0 Å². The number of halogens is 1. The molecule has 0 radical (unpaired) electrons. The van der Waals surface area contributed by atoms with Crippen LogP contribution in [0.4, 0.5) is 10.5 Å². The number of hydrogen-bond donors (Lipinski definition) is 2. The number of hydrogen-bond acceptors (Lipinski definition) is 3. The molecule has 2 aromatic rings. The highest BCUT2D eigenvalue weighted by Gasteiger charge is 2.14. The number of aryl methyl sites for hydroxylation is 2. The van der Waals surface area contributed by atoms with Crippen LogP contribution in [0.3, 0.4) is 0 Å². The summed E-state index contributed by atoms with van der Waals surface area (Å²) in [6, 6.07) is 6.91. The van der Waals surface area contributed by atoms with E-state index in [0.717, 1.165) is 5.56 Å². The number of nitrogens with zero attached hydrogens (tertiary/aromatic N) is 1. The summed E-state index contributed by atoms with van der Waals surface area (Å²) in [7, 11) is 0. The lowest BCUT2D eigenvalue weighted by atomic mass is 10.1.